The number of likely N-dealkylation sites (N-methyl/N-ethyl adjacent to an activating group) is 1. The number of aryl methyl sites for hydroxylation is 2. The summed E-state index contributed by atoms with van der Waals surface area (Å²) >= 11 is 6.68. The molecule has 0 bridgehead atoms. The summed E-state index contributed by atoms with van der Waals surface area (Å²) < 4.78 is 1.67. The molecule has 0 spiro atoms. The maximum Gasteiger partial charge on any atom is 0.260 e. The molecule has 0 aliphatic heterocycles. The van der Waals surface area contributed by atoms with Gasteiger partial charge in [-0.3, -0.25) is 14.3 Å². The van der Waals surface area contributed by atoms with Crippen LogP contribution in [0.4, 0.5) is 5.95 Å². The first-order chi connectivity index (χ1) is 15.9. The smallest absolute Gasteiger partial charge is 0.260 e. The Kier molecular flexibility index (Phi) is 6.72. The highest BCUT2D eigenvalue weighted by Crippen LogP contribution is 2.32. The molecule has 0 radical (unpaired) electrons. The van der Waals surface area contributed by atoms with Gasteiger partial charge in [0.2, 0.25) is 5.95 Å². The number of pyridine rings is 2. The van der Waals surface area contributed by atoms with Gasteiger partial charge in [0.1, 0.15) is 5.65 Å². The zero-order chi connectivity index (χ0) is 23.5. The Balaban J connectivity index is 1.76. The summed E-state index contributed by atoms with van der Waals surface area (Å²) in [5.41, 5.74) is 4.58. The molecule has 7 nitrogen and oxygen atoms in total. The van der Waals surface area contributed by atoms with E-state index in [9.17, 15) is 4.79 Å². The maximum atomic E-state index is 13.4. The van der Waals surface area contributed by atoms with Crippen LogP contribution in [0.25, 0.3) is 33.3 Å². The summed E-state index contributed by atoms with van der Waals surface area (Å²) in [6.45, 7) is 5.95. The Morgan fingerprint density at radius 2 is 1.91 bits per heavy atom. The van der Waals surface area contributed by atoms with E-state index >= 15 is 0 Å². The summed E-state index contributed by atoms with van der Waals surface area (Å²) in [7, 11) is 4.02. The Hall–Kier alpha value is -3.29. The van der Waals surface area contributed by atoms with E-state index < -0.39 is 0 Å². The van der Waals surface area contributed by atoms with Crippen LogP contribution in [0.3, 0.4) is 0 Å². The molecule has 0 fully saturated rings. The third-order valence-corrected chi connectivity index (χ3v) is 5.88. The van der Waals surface area contributed by atoms with Crippen molar-refractivity contribution in [3.63, 3.8) is 0 Å². The van der Waals surface area contributed by atoms with Crippen LogP contribution in [0.2, 0.25) is 5.02 Å². The molecule has 33 heavy (non-hydrogen) atoms. The zero-order valence-corrected chi connectivity index (χ0v) is 20.0. The minimum atomic E-state index is -0.129. The van der Waals surface area contributed by atoms with Gasteiger partial charge in [-0.2, -0.15) is 4.98 Å². The zero-order valence-electron chi connectivity index (χ0n) is 19.3. The summed E-state index contributed by atoms with van der Waals surface area (Å²) in [4.78, 5) is 28.9. The monoisotopic (exact) mass is 462 g/mol. The largest absolute Gasteiger partial charge is 0.353 e. The lowest BCUT2D eigenvalue weighted by Crippen LogP contribution is -2.24. The molecule has 3 heterocycles. The predicted molar refractivity (Wildman–Crippen MR) is 135 cm³/mol. The van der Waals surface area contributed by atoms with Crippen molar-refractivity contribution in [2.45, 2.75) is 20.4 Å². The van der Waals surface area contributed by atoms with Crippen LogP contribution in [0.1, 0.15) is 12.6 Å². The molecular formula is C25H27ClN6O. The average molecular weight is 463 g/mol. The van der Waals surface area contributed by atoms with Crippen molar-refractivity contribution >= 4 is 28.6 Å². The second kappa shape index (κ2) is 9.68. The third-order valence-electron chi connectivity index (χ3n) is 5.56. The van der Waals surface area contributed by atoms with E-state index in [1.165, 1.54) is 0 Å². The van der Waals surface area contributed by atoms with Gasteiger partial charge in [-0.1, -0.05) is 29.8 Å². The number of benzene rings is 1. The van der Waals surface area contributed by atoms with Gasteiger partial charge in [-0.15, -0.1) is 0 Å². The number of rotatable bonds is 7. The van der Waals surface area contributed by atoms with Crippen molar-refractivity contribution in [1.29, 1.82) is 0 Å². The molecule has 0 saturated heterocycles. The second-order valence-electron chi connectivity index (χ2n) is 8.14. The first-order valence-electron chi connectivity index (χ1n) is 10.9. The SMILES string of the molecule is CCn1c(=O)c(-c2ccc(-c3cccnc3C)cc2Cl)cc2cnc(NCCN(C)C)nc21. The Morgan fingerprint density at radius 3 is 2.61 bits per heavy atom. The lowest BCUT2D eigenvalue weighted by Gasteiger charge is -2.14. The summed E-state index contributed by atoms with van der Waals surface area (Å²) in [5, 5.41) is 4.51. The molecule has 0 amide bonds. The fourth-order valence-electron chi connectivity index (χ4n) is 3.81. The Bertz CT molecular complexity index is 1370. The van der Waals surface area contributed by atoms with Crippen molar-refractivity contribution in [3.8, 4) is 22.3 Å². The van der Waals surface area contributed by atoms with E-state index in [0.717, 1.165) is 28.8 Å². The lowest BCUT2D eigenvalue weighted by atomic mass is 9.99. The molecule has 0 aliphatic carbocycles. The predicted octanol–water partition coefficient (Wildman–Crippen LogP) is 4.48. The van der Waals surface area contributed by atoms with Crippen LogP contribution >= 0.6 is 11.6 Å². The third kappa shape index (κ3) is 4.74. The molecular weight excluding hydrogens is 436 g/mol. The summed E-state index contributed by atoms with van der Waals surface area (Å²) in [6, 6.07) is 11.5. The molecule has 3 aromatic heterocycles. The van der Waals surface area contributed by atoms with E-state index in [4.69, 9.17) is 11.6 Å². The molecule has 1 N–H and O–H groups in total. The van der Waals surface area contributed by atoms with E-state index in [1.807, 2.05) is 64.3 Å². The molecule has 1 aromatic carbocycles. The molecule has 8 heteroatoms. The fraction of sp³-hybridized carbons (Fsp3) is 0.280. The van der Waals surface area contributed by atoms with Gasteiger partial charge in [-0.05, 0) is 51.7 Å². The molecule has 0 unspecified atom stereocenters. The summed E-state index contributed by atoms with van der Waals surface area (Å²) in [6.07, 6.45) is 3.51. The van der Waals surface area contributed by atoms with Crippen LogP contribution in [0.15, 0.2) is 53.6 Å². The van der Waals surface area contributed by atoms with Gasteiger partial charge in [0.15, 0.2) is 0 Å². The highest BCUT2D eigenvalue weighted by atomic mass is 35.5. The number of halogens is 1. The summed E-state index contributed by atoms with van der Waals surface area (Å²) in [5.74, 6) is 0.507. The average Bonchev–Trinajstić information content (AvgIpc) is 2.79. The number of anilines is 1. The molecule has 0 atom stereocenters. The van der Waals surface area contributed by atoms with Crippen molar-refractivity contribution in [2.24, 2.45) is 0 Å². The molecule has 4 rings (SSSR count). The molecule has 170 valence electrons. The standard InChI is InChI=1S/C25H27ClN6O/c1-5-32-23-18(15-29-25(30-23)28-11-12-31(3)4)13-21(24(32)33)20-9-8-17(14-22(20)26)19-7-6-10-27-16(19)2/h6-10,13-15H,5,11-12H2,1-4H3,(H,28,29,30). The lowest BCUT2D eigenvalue weighted by molar-refractivity contribution is 0.425. The topological polar surface area (TPSA) is 75.9 Å². The van der Waals surface area contributed by atoms with Gasteiger partial charge in [0.25, 0.3) is 5.56 Å². The van der Waals surface area contributed by atoms with Gasteiger partial charge >= 0.3 is 0 Å². The van der Waals surface area contributed by atoms with Crippen molar-refractivity contribution in [2.75, 3.05) is 32.5 Å². The Morgan fingerprint density at radius 1 is 1.09 bits per heavy atom. The second-order valence-corrected chi connectivity index (χ2v) is 8.55. The van der Waals surface area contributed by atoms with Gasteiger partial charge in [0.05, 0.1) is 0 Å². The number of hydrogen-bond donors (Lipinski definition) is 1. The van der Waals surface area contributed by atoms with Crippen LogP contribution in [-0.2, 0) is 6.54 Å². The first-order valence-corrected chi connectivity index (χ1v) is 11.3. The maximum absolute atomic E-state index is 13.4. The quantitative estimate of drug-likeness (QED) is 0.436. The fourth-order valence-corrected chi connectivity index (χ4v) is 4.09. The van der Waals surface area contributed by atoms with E-state index in [-0.39, 0.29) is 5.56 Å². The highest BCUT2D eigenvalue weighted by molar-refractivity contribution is 6.33. The van der Waals surface area contributed by atoms with E-state index in [1.54, 1.807) is 17.0 Å². The Labute approximate surface area is 198 Å². The van der Waals surface area contributed by atoms with Gasteiger partial charge in [0, 0.05) is 64.8 Å². The van der Waals surface area contributed by atoms with Gasteiger partial charge in [-0.25, -0.2) is 4.98 Å². The van der Waals surface area contributed by atoms with Crippen LogP contribution in [0, 0.1) is 6.92 Å². The molecule has 0 saturated carbocycles. The minimum Gasteiger partial charge on any atom is -0.353 e. The molecule has 4 aromatic rings. The number of nitrogens with one attached hydrogen (secondary N) is 1. The first kappa shape index (κ1) is 22.9. The molecule has 0 aliphatic rings. The van der Waals surface area contributed by atoms with Gasteiger partial charge < -0.3 is 10.2 Å². The number of nitrogens with zero attached hydrogens (tertiary/aromatic N) is 5. The van der Waals surface area contributed by atoms with Crippen molar-refractivity contribution in [3.05, 3.63) is 69.9 Å². The van der Waals surface area contributed by atoms with E-state index in [2.05, 4.69) is 25.2 Å². The highest BCUT2D eigenvalue weighted by Gasteiger charge is 2.16. The van der Waals surface area contributed by atoms with E-state index in [0.29, 0.717) is 40.8 Å². The minimum absolute atomic E-state index is 0.129. The van der Waals surface area contributed by atoms with Crippen molar-refractivity contribution in [1.82, 2.24) is 24.4 Å². The van der Waals surface area contributed by atoms with Crippen LogP contribution in [-0.4, -0.2) is 51.6 Å². The normalized spacial score (nSPS) is 11.3. The van der Waals surface area contributed by atoms with Crippen LogP contribution in [0.5, 0.6) is 0 Å². The number of fused-ring (bicyclic) bond motifs is 1. The van der Waals surface area contributed by atoms with Crippen molar-refractivity contribution < 1.29 is 0 Å². The van der Waals surface area contributed by atoms with Crippen LogP contribution < -0.4 is 10.9 Å². The number of aromatic nitrogens is 4. The number of hydrogen-bond acceptors (Lipinski definition) is 6.